The van der Waals surface area contributed by atoms with Gasteiger partial charge in [0.25, 0.3) is 5.56 Å². The first kappa shape index (κ1) is 21.5. The maximum absolute atomic E-state index is 13.5. The number of hydrogen-bond acceptors (Lipinski definition) is 4. The quantitative estimate of drug-likeness (QED) is 0.232. The summed E-state index contributed by atoms with van der Waals surface area (Å²) in [4.78, 5) is 34.2. The minimum atomic E-state index is -0.198. The van der Waals surface area contributed by atoms with E-state index in [0.717, 1.165) is 20.9 Å². The molecule has 0 atom stereocenters. The van der Waals surface area contributed by atoms with Crippen molar-refractivity contribution < 1.29 is 4.79 Å². The van der Waals surface area contributed by atoms with Crippen molar-refractivity contribution in [3.05, 3.63) is 93.2 Å². The van der Waals surface area contributed by atoms with Crippen LogP contribution in [-0.2, 0) is 4.79 Å². The molecule has 0 aliphatic rings. The molecular formula is C25H19BrN4O2S. The summed E-state index contributed by atoms with van der Waals surface area (Å²) >= 11 is 4.62. The molecule has 164 valence electrons. The molecule has 3 aromatic carbocycles. The second kappa shape index (κ2) is 8.88. The van der Waals surface area contributed by atoms with Crippen molar-refractivity contribution in [3.8, 4) is 5.69 Å². The molecule has 8 heteroatoms. The molecule has 0 aliphatic carbocycles. The first-order valence-electron chi connectivity index (χ1n) is 10.3. The maximum Gasteiger partial charge on any atom is 0.283 e. The molecule has 6 nitrogen and oxygen atoms in total. The van der Waals surface area contributed by atoms with Crippen molar-refractivity contribution in [2.75, 3.05) is 11.1 Å². The van der Waals surface area contributed by atoms with E-state index in [9.17, 15) is 9.59 Å². The lowest BCUT2D eigenvalue weighted by atomic mass is 10.2. The summed E-state index contributed by atoms with van der Waals surface area (Å²) in [6.45, 7) is 1.99. The first-order chi connectivity index (χ1) is 16.0. The molecule has 2 heterocycles. The number of rotatable bonds is 5. The SMILES string of the molecule is Cc1ccc(-n2c(SCC(=O)Nc3ccc(Br)cc3)nc3c([nH]c4ccccc43)c2=O)cc1. The number of para-hydroxylation sites is 1. The Morgan fingerprint density at radius 3 is 2.55 bits per heavy atom. The third-order valence-corrected chi connectivity index (χ3v) is 6.71. The summed E-state index contributed by atoms with van der Waals surface area (Å²) in [5.74, 6) is -0.0616. The number of fused-ring (bicyclic) bond motifs is 3. The van der Waals surface area contributed by atoms with Gasteiger partial charge in [-0.1, -0.05) is 63.6 Å². The standard InChI is InChI=1S/C25H19BrN4O2S/c1-15-6-12-18(13-7-15)30-24(32)23-22(19-4-2-3-5-20(19)28-23)29-25(30)33-14-21(31)27-17-10-8-16(26)9-11-17/h2-13,28H,14H2,1H3,(H,27,31). The number of hydrogen-bond donors (Lipinski definition) is 2. The summed E-state index contributed by atoms with van der Waals surface area (Å²) in [5, 5.41) is 4.22. The van der Waals surface area contributed by atoms with Crippen LogP contribution in [0.4, 0.5) is 5.69 Å². The highest BCUT2D eigenvalue weighted by Crippen LogP contribution is 2.26. The van der Waals surface area contributed by atoms with E-state index in [-0.39, 0.29) is 17.2 Å². The van der Waals surface area contributed by atoms with Crippen LogP contribution in [-0.4, -0.2) is 26.2 Å². The highest BCUT2D eigenvalue weighted by Gasteiger charge is 2.18. The lowest BCUT2D eigenvalue weighted by Crippen LogP contribution is -2.23. The Morgan fingerprint density at radius 1 is 1.06 bits per heavy atom. The Labute approximate surface area is 202 Å². The number of benzene rings is 3. The molecule has 0 saturated carbocycles. The molecule has 2 N–H and O–H groups in total. The number of carbonyl (C=O) groups excluding carboxylic acids is 1. The number of H-pyrrole nitrogens is 1. The molecule has 33 heavy (non-hydrogen) atoms. The number of aryl methyl sites for hydroxylation is 1. The Balaban J connectivity index is 1.55. The van der Waals surface area contributed by atoms with Gasteiger partial charge >= 0.3 is 0 Å². The van der Waals surface area contributed by atoms with E-state index in [0.29, 0.717) is 27.6 Å². The zero-order valence-corrected chi connectivity index (χ0v) is 20.0. The van der Waals surface area contributed by atoms with Crippen molar-refractivity contribution in [2.45, 2.75) is 12.1 Å². The van der Waals surface area contributed by atoms with E-state index in [2.05, 4.69) is 26.2 Å². The topological polar surface area (TPSA) is 79.8 Å². The molecule has 2 aromatic heterocycles. The first-order valence-corrected chi connectivity index (χ1v) is 12.1. The molecule has 0 bridgehead atoms. The van der Waals surface area contributed by atoms with Gasteiger partial charge < -0.3 is 10.3 Å². The monoisotopic (exact) mass is 518 g/mol. The molecule has 0 spiro atoms. The molecule has 5 rings (SSSR count). The van der Waals surface area contributed by atoms with E-state index in [1.807, 2.05) is 79.7 Å². The van der Waals surface area contributed by atoms with Crippen molar-refractivity contribution >= 4 is 61.2 Å². The lowest BCUT2D eigenvalue weighted by Gasteiger charge is -2.12. The number of thioether (sulfide) groups is 1. The number of nitrogens with one attached hydrogen (secondary N) is 2. The van der Waals surface area contributed by atoms with Crippen molar-refractivity contribution in [1.82, 2.24) is 14.5 Å². The number of aromatic nitrogens is 3. The van der Waals surface area contributed by atoms with Crippen LogP contribution in [0.5, 0.6) is 0 Å². The van der Waals surface area contributed by atoms with Gasteiger partial charge in [0.1, 0.15) is 11.0 Å². The van der Waals surface area contributed by atoms with Gasteiger partial charge in [0.05, 0.1) is 11.4 Å². The number of aromatic amines is 1. The molecular weight excluding hydrogens is 500 g/mol. The summed E-state index contributed by atoms with van der Waals surface area (Å²) in [6, 6.07) is 22.7. The molecule has 5 aromatic rings. The second-order valence-electron chi connectivity index (χ2n) is 7.61. The summed E-state index contributed by atoms with van der Waals surface area (Å²) < 4.78 is 2.50. The van der Waals surface area contributed by atoms with Gasteiger partial charge in [0, 0.05) is 21.1 Å². The molecule has 0 unspecified atom stereocenters. The van der Waals surface area contributed by atoms with E-state index in [1.54, 1.807) is 4.57 Å². The van der Waals surface area contributed by atoms with Gasteiger partial charge in [-0.25, -0.2) is 4.98 Å². The van der Waals surface area contributed by atoms with Crippen molar-refractivity contribution in [3.63, 3.8) is 0 Å². The van der Waals surface area contributed by atoms with Crippen LogP contribution in [0.1, 0.15) is 5.56 Å². The summed E-state index contributed by atoms with van der Waals surface area (Å²) in [7, 11) is 0. The van der Waals surface area contributed by atoms with E-state index >= 15 is 0 Å². The fourth-order valence-electron chi connectivity index (χ4n) is 3.62. The van der Waals surface area contributed by atoms with Crippen molar-refractivity contribution in [2.24, 2.45) is 0 Å². The number of halogens is 1. The highest BCUT2D eigenvalue weighted by molar-refractivity contribution is 9.10. The summed E-state index contributed by atoms with van der Waals surface area (Å²) in [5.41, 5.74) is 4.21. The predicted molar refractivity (Wildman–Crippen MR) is 137 cm³/mol. The van der Waals surface area contributed by atoms with Gasteiger partial charge in [-0.05, 0) is 49.4 Å². The number of amides is 1. The zero-order valence-electron chi connectivity index (χ0n) is 17.6. The Hall–Kier alpha value is -3.36. The average Bonchev–Trinajstić information content (AvgIpc) is 3.19. The van der Waals surface area contributed by atoms with Crippen LogP contribution >= 0.6 is 27.7 Å². The van der Waals surface area contributed by atoms with Gasteiger partial charge in [-0.3, -0.25) is 14.2 Å². The minimum Gasteiger partial charge on any atom is -0.349 e. The largest absolute Gasteiger partial charge is 0.349 e. The third-order valence-electron chi connectivity index (χ3n) is 5.25. The number of carbonyl (C=O) groups is 1. The van der Waals surface area contributed by atoms with Gasteiger partial charge in [0.2, 0.25) is 5.91 Å². The molecule has 0 saturated heterocycles. The van der Waals surface area contributed by atoms with E-state index in [4.69, 9.17) is 4.98 Å². The Bertz CT molecular complexity index is 1540. The zero-order chi connectivity index (χ0) is 22.9. The van der Waals surface area contributed by atoms with E-state index in [1.165, 1.54) is 11.8 Å². The van der Waals surface area contributed by atoms with Crippen LogP contribution < -0.4 is 10.9 Å². The lowest BCUT2D eigenvalue weighted by molar-refractivity contribution is -0.113. The van der Waals surface area contributed by atoms with Gasteiger partial charge in [0.15, 0.2) is 5.16 Å². The van der Waals surface area contributed by atoms with Gasteiger partial charge in [-0.15, -0.1) is 0 Å². The van der Waals surface area contributed by atoms with Crippen molar-refractivity contribution in [1.29, 1.82) is 0 Å². The van der Waals surface area contributed by atoms with Crippen LogP contribution in [0.15, 0.2) is 87.2 Å². The molecule has 0 aliphatic heterocycles. The molecule has 0 fully saturated rings. The van der Waals surface area contributed by atoms with Crippen LogP contribution in [0.3, 0.4) is 0 Å². The molecule has 1 amide bonds. The minimum absolute atomic E-state index is 0.113. The smallest absolute Gasteiger partial charge is 0.283 e. The number of nitrogens with zero attached hydrogens (tertiary/aromatic N) is 2. The average molecular weight is 519 g/mol. The van der Waals surface area contributed by atoms with Crippen LogP contribution in [0, 0.1) is 6.92 Å². The van der Waals surface area contributed by atoms with Crippen LogP contribution in [0.2, 0.25) is 0 Å². The Morgan fingerprint density at radius 2 is 1.79 bits per heavy atom. The number of anilines is 1. The fourth-order valence-corrected chi connectivity index (χ4v) is 4.69. The van der Waals surface area contributed by atoms with Crippen LogP contribution in [0.25, 0.3) is 27.6 Å². The normalized spacial score (nSPS) is 11.2. The van der Waals surface area contributed by atoms with E-state index < -0.39 is 0 Å². The predicted octanol–water partition coefficient (Wildman–Crippen LogP) is 5.67. The third kappa shape index (κ3) is 4.31. The molecule has 0 radical (unpaired) electrons. The highest BCUT2D eigenvalue weighted by atomic mass is 79.9. The Kier molecular flexibility index (Phi) is 5.78. The van der Waals surface area contributed by atoms with Gasteiger partial charge in [-0.2, -0.15) is 0 Å². The fraction of sp³-hybridized carbons (Fsp3) is 0.0800. The summed E-state index contributed by atoms with van der Waals surface area (Å²) in [6.07, 6.45) is 0. The maximum atomic E-state index is 13.5. The second-order valence-corrected chi connectivity index (χ2v) is 9.47.